The minimum atomic E-state index is -3.20. The Morgan fingerprint density at radius 1 is 1.14 bits per heavy atom. The molecule has 21 heavy (non-hydrogen) atoms. The molecule has 1 atom stereocenters. The summed E-state index contributed by atoms with van der Waals surface area (Å²) in [5.41, 5.74) is 6.36. The number of hydrogen-bond acceptors (Lipinski definition) is 4. The second-order valence-corrected chi connectivity index (χ2v) is 7.51. The summed E-state index contributed by atoms with van der Waals surface area (Å²) in [6.45, 7) is 5.47. The molecule has 0 aromatic heterocycles. The summed E-state index contributed by atoms with van der Waals surface area (Å²) in [6.07, 6.45) is 3.81. The Morgan fingerprint density at radius 2 is 1.86 bits per heavy atom. The molecule has 1 aromatic rings. The molecule has 1 aromatic carbocycles. The van der Waals surface area contributed by atoms with Crippen LogP contribution in [0.2, 0.25) is 0 Å². The number of benzene rings is 1. The molecule has 0 fully saturated rings. The van der Waals surface area contributed by atoms with E-state index in [9.17, 15) is 8.42 Å². The third kappa shape index (κ3) is 5.67. The van der Waals surface area contributed by atoms with Crippen LogP contribution in [0.25, 0.3) is 0 Å². The van der Waals surface area contributed by atoms with E-state index in [1.54, 1.807) is 12.1 Å². The fraction of sp³-hybridized carbons (Fsp3) is 0.625. The summed E-state index contributed by atoms with van der Waals surface area (Å²) in [4.78, 5) is 0.412. The third-order valence-electron chi connectivity index (χ3n) is 3.55. The number of para-hydroxylation sites is 1. The van der Waals surface area contributed by atoms with Gasteiger partial charge in [-0.05, 0) is 43.9 Å². The zero-order valence-electron chi connectivity index (χ0n) is 13.1. The second kappa shape index (κ2) is 9.05. The van der Waals surface area contributed by atoms with Crippen LogP contribution in [-0.4, -0.2) is 27.3 Å². The van der Waals surface area contributed by atoms with Crippen molar-refractivity contribution < 1.29 is 8.42 Å². The molecule has 0 aliphatic heterocycles. The quantitative estimate of drug-likeness (QED) is 0.696. The first-order valence-electron chi connectivity index (χ1n) is 7.80. The SMILES string of the molecule is CCCC(CCN)CNc1ccccc1S(=O)(=O)CCC. The molecule has 3 N–H and O–H groups in total. The van der Waals surface area contributed by atoms with Gasteiger partial charge in [-0.1, -0.05) is 32.4 Å². The summed E-state index contributed by atoms with van der Waals surface area (Å²) in [5.74, 6) is 0.675. The van der Waals surface area contributed by atoms with Crippen LogP contribution in [-0.2, 0) is 9.84 Å². The fourth-order valence-corrected chi connectivity index (χ4v) is 4.03. The van der Waals surface area contributed by atoms with Crippen molar-refractivity contribution in [2.75, 3.05) is 24.2 Å². The Hall–Kier alpha value is -1.07. The number of hydrogen-bond donors (Lipinski definition) is 2. The van der Waals surface area contributed by atoms with Crippen molar-refractivity contribution in [3.8, 4) is 0 Å². The molecular weight excluding hydrogens is 284 g/mol. The maximum absolute atomic E-state index is 12.3. The number of anilines is 1. The Balaban J connectivity index is 2.84. The Kier molecular flexibility index (Phi) is 7.75. The van der Waals surface area contributed by atoms with Gasteiger partial charge >= 0.3 is 0 Å². The molecule has 0 heterocycles. The highest BCUT2D eigenvalue weighted by molar-refractivity contribution is 7.91. The van der Waals surface area contributed by atoms with Gasteiger partial charge in [0.2, 0.25) is 0 Å². The minimum absolute atomic E-state index is 0.187. The van der Waals surface area contributed by atoms with Gasteiger partial charge in [0.1, 0.15) is 0 Å². The summed E-state index contributed by atoms with van der Waals surface area (Å²) in [6, 6.07) is 7.17. The van der Waals surface area contributed by atoms with Gasteiger partial charge in [-0.15, -0.1) is 0 Å². The van der Waals surface area contributed by atoms with E-state index >= 15 is 0 Å². The van der Waals surface area contributed by atoms with Crippen LogP contribution in [0.5, 0.6) is 0 Å². The van der Waals surface area contributed by atoms with Crippen LogP contribution in [0.15, 0.2) is 29.2 Å². The molecule has 0 amide bonds. The van der Waals surface area contributed by atoms with Crippen LogP contribution in [0, 0.1) is 5.92 Å². The summed E-state index contributed by atoms with van der Waals surface area (Å²) < 4.78 is 24.6. The summed E-state index contributed by atoms with van der Waals surface area (Å²) >= 11 is 0. The van der Waals surface area contributed by atoms with Crippen LogP contribution in [0.3, 0.4) is 0 Å². The first kappa shape index (κ1) is 18.0. The number of nitrogens with one attached hydrogen (secondary N) is 1. The van der Waals surface area contributed by atoms with Crippen molar-refractivity contribution in [1.82, 2.24) is 0 Å². The fourth-order valence-electron chi connectivity index (χ4n) is 2.51. The number of nitrogens with two attached hydrogens (primary N) is 1. The molecule has 5 heteroatoms. The zero-order valence-corrected chi connectivity index (χ0v) is 14.0. The molecule has 4 nitrogen and oxygen atoms in total. The van der Waals surface area contributed by atoms with Crippen molar-refractivity contribution in [3.63, 3.8) is 0 Å². The molecule has 0 saturated heterocycles. The monoisotopic (exact) mass is 312 g/mol. The zero-order chi connectivity index (χ0) is 15.7. The first-order chi connectivity index (χ1) is 10.0. The van der Waals surface area contributed by atoms with Crippen molar-refractivity contribution >= 4 is 15.5 Å². The van der Waals surface area contributed by atoms with E-state index in [4.69, 9.17) is 5.73 Å². The maximum Gasteiger partial charge on any atom is 0.180 e. The van der Waals surface area contributed by atoms with Gasteiger partial charge in [-0.3, -0.25) is 0 Å². The highest BCUT2D eigenvalue weighted by atomic mass is 32.2. The molecule has 1 rings (SSSR count). The topological polar surface area (TPSA) is 72.2 Å². The van der Waals surface area contributed by atoms with Crippen molar-refractivity contribution in [2.45, 2.75) is 44.4 Å². The molecule has 0 bridgehead atoms. The molecular formula is C16H28N2O2S. The van der Waals surface area contributed by atoms with E-state index < -0.39 is 9.84 Å². The van der Waals surface area contributed by atoms with Gasteiger partial charge in [0.25, 0.3) is 0 Å². The predicted octanol–water partition coefficient (Wildman–Crippen LogP) is 3.05. The first-order valence-corrected chi connectivity index (χ1v) is 9.46. The molecule has 120 valence electrons. The molecule has 0 aliphatic rings. The third-order valence-corrected chi connectivity index (χ3v) is 5.52. The van der Waals surface area contributed by atoms with Crippen LogP contribution < -0.4 is 11.1 Å². The van der Waals surface area contributed by atoms with Gasteiger partial charge < -0.3 is 11.1 Å². The Morgan fingerprint density at radius 3 is 2.48 bits per heavy atom. The van der Waals surface area contributed by atoms with Crippen LogP contribution >= 0.6 is 0 Å². The summed E-state index contributed by atoms with van der Waals surface area (Å²) in [5, 5.41) is 3.31. The van der Waals surface area contributed by atoms with Gasteiger partial charge in [0.05, 0.1) is 16.3 Å². The van der Waals surface area contributed by atoms with Crippen LogP contribution in [0.1, 0.15) is 39.5 Å². The molecule has 1 unspecified atom stereocenters. The van der Waals surface area contributed by atoms with Gasteiger partial charge in [-0.2, -0.15) is 0 Å². The molecule has 0 saturated carbocycles. The lowest BCUT2D eigenvalue weighted by molar-refractivity contribution is 0.473. The van der Waals surface area contributed by atoms with E-state index in [1.165, 1.54) is 0 Å². The maximum atomic E-state index is 12.3. The number of sulfone groups is 1. The standard InChI is InChI=1S/C16H28N2O2S/c1-3-7-14(10-11-17)13-18-15-8-5-6-9-16(15)21(19,20)12-4-2/h5-6,8-9,14,18H,3-4,7,10-13,17H2,1-2H3. The van der Waals surface area contributed by atoms with E-state index in [1.807, 2.05) is 19.1 Å². The largest absolute Gasteiger partial charge is 0.384 e. The molecule has 0 aliphatic carbocycles. The predicted molar refractivity (Wildman–Crippen MR) is 89.3 cm³/mol. The summed E-state index contributed by atoms with van der Waals surface area (Å²) in [7, 11) is -3.20. The second-order valence-electron chi connectivity index (χ2n) is 5.43. The molecule has 0 spiro atoms. The van der Waals surface area contributed by atoms with E-state index in [-0.39, 0.29) is 5.75 Å². The van der Waals surface area contributed by atoms with E-state index in [0.717, 1.165) is 25.8 Å². The Bertz CT molecular complexity index is 509. The normalized spacial score (nSPS) is 13.1. The van der Waals surface area contributed by atoms with Gasteiger partial charge in [0, 0.05) is 6.54 Å². The highest BCUT2D eigenvalue weighted by Gasteiger charge is 2.17. The lowest BCUT2D eigenvalue weighted by Gasteiger charge is -2.18. The molecule has 0 radical (unpaired) electrons. The average Bonchev–Trinajstić information content (AvgIpc) is 2.45. The van der Waals surface area contributed by atoms with Crippen LogP contribution in [0.4, 0.5) is 5.69 Å². The van der Waals surface area contributed by atoms with E-state index in [2.05, 4.69) is 12.2 Å². The van der Waals surface area contributed by atoms with Gasteiger partial charge in [0.15, 0.2) is 9.84 Å². The lowest BCUT2D eigenvalue weighted by Crippen LogP contribution is -2.19. The number of rotatable bonds is 10. The smallest absolute Gasteiger partial charge is 0.180 e. The van der Waals surface area contributed by atoms with Crippen molar-refractivity contribution in [2.24, 2.45) is 11.7 Å². The van der Waals surface area contributed by atoms with Crippen molar-refractivity contribution in [3.05, 3.63) is 24.3 Å². The van der Waals surface area contributed by atoms with E-state index in [0.29, 0.717) is 29.5 Å². The minimum Gasteiger partial charge on any atom is -0.384 e. The highest BCUT2D eigenvalue weighted by Crippen LogP contribution is 2.23. The van der Waals surface area contributed by atoms with Crippen molar-refractivity contribution in [1.29, 1.82) is 0 Å². The Labute approximate surface area is 129 Å². The average molecular weight is 312 g/mol. The van der Waals surface area contributed by atoms with Gasteiger partial charge in [-0.25, -0.2) is 8.42 Å². The lowest BCUT2D eigenvalue weighted by atomic mass is 10.00.